The van der Waals surface area contributed by atoms with Gasteiger partial charge in [-0.25, -0.2) is 4.39 Å². The van der Waals surface area contributed by atoms with E-state index < -0.39 is 5.97 Å². The summed E-state index contributed by atoms with van der Waals surface area (Å²) >= 11 is 0. The number of carbonyl (C=O) groups excluding carboxylic acids is 1. The number of amides is 1. The summed E-state index contributed by atoms with van der Waals surface area (Å²) < 4.78 is 13.4. The van der Waals surface area contributed by atoms with E-state index in [1.165, 1.54) is 6.07 Å². The van der Waals surface area contributed by atoms with E-state index in [1.54, 1.807) is 24.0 Å². The van der Waals surface area contributed by atoms with Crippen LogP contribution in [0.15, 0.2) is 18.2 Å². The van der Waals surface area contributed by atoms with Crippen molar-refractivity contribution < 1.29 is 19.1 Å². The maximum absolute atomic E-state index is 13.4. The molecule has 6 heteroatoms. The molecule has 5 nitrogen and oxygen atoms in total. The third-order valence-electron chi connectivity index (χ3n) is 3.47. The Morgan fingerprint density at radius 2 is 2.10 bits per heavy atom. The molecule has 1 saturated carbocycles. The molecule has 0 aromatic heterocycles. The van der Waals surface area contributed by atoms with Gasteiger partial charge in [0.1, 0.15) is 5.82 Å². The molecule has 0 unspecified atom stereocenters. The van der Waals surface area contributed by atoms with Crippen LogP contribution in [0.3, 0.4) is 0 Å². The number of carbonyl (C=O) groups is 2. The van der Waals surface area contributed by atoms with Crippen molar-refractivity contribution >= 4 is 11.9 Å². The molecule has 1 fully saturated rings. The van der Waals surface area contributed by atoms with Crippen molar-refractivity contribution in [3.05, 3.63) is 35.1 Å². The van der Waals surface area contributed by atoms with Gasteiger partial charge in [-0.15, -0.1) is 0 Å². The van der Waals surface area contributed by atoms with E-state index in [0.29, 0.717) is 11.1 Å². The zero-order valence-electron chi connectivity index (χ0n) is 11.9. The van der Waals surface area contributed by atoms with Crippen LogP contribution in [0.25, 0.3) is 0 Å². The van der Waals surface area contributed by atoms with Crippen LogP contribution in [0, 0.1) is 12.7 Å². The highest BCUT2D eigenvalue weighted by Crippen LogP contribution is 2.26. The fourth-order valence-electron chi connectivity index (χ4n) is 2.11. The summed E-state index contributed by atoms with van der Waals surface area (Å²) in [6, 6.07) is 5.02. The average Bonchev–Trinajstić information content (AvgIpc) is 3.23. The first-order chi connectivity index (χ1) is 9.95. The van der Waals surface area contributed by atoms with E-state index in [2.05, 4.69) is 5.32 Å². The van der Waals surface area contributed by atoms with Gasteiger partial charge >= 0.3 is 5.97 Å². The van der Waals surface area contributed by atoms with Crippen LogP contribution in [0.1, 0.15) is 24.0 Å². The van der Waals surface area contributed by atoms with E-state index in [9.17, 15) is 14.0 Å². The summed E-state index contributed by atoms with van der Waals surface area (Å²) in [6.07, 6.45) is 1.87. The summed E-state index contributed by atoms with van der Waals surface area (Å²) in [5.74, 6) is -1.48. The third kappa shape index (κ3) is 4.82. The fraction of sp³-hybridized carbons (Fsp3) is 0.467. The minimum Gasteiger partial charge on any atom is -0.480 e. The summed E-state index contributed by atoms with van der Waals surface area (Å²) in [5.41, 5.74) is 1.24. The number of nitrogens with one attached hydrogen (secondary N) is 1. The van der Waals surface area contributed by atoms with Gasteiger partial charge in [-0.2, -0.15) is 0 Å². The lowest BCUT2D eigenvalue weighted by atomic mass is 10.1. The third-order valence-corrected chi connectivity index (χ3v) is 3.47. The second-order valence-corrected chi connectivity index (χ2v) is 5.39. The average molecular weight is 294 g/mol. The number of nitrogens with zero attached hydrogens (tertiary/aromatic N) is 1. The molecular formula is C15H19FN2O3. The highest BCUT2D eigenvalue weighted by molar-refractivity contribution is 5.79. The van der Waals surface area contributed by atoms with Crippen LogP contribution in [0.5, 0.6) is 0 Å². The number of benzene rings is 1. The van der Waals surface area contributed by atoms with Gasteiger partial charge in [0.05, 0.1) is 13.1 Å². The Morgan fingerprint density at radius 3 is 2.67 bits per heavy atom. The van der Waals surface area contributed by atoms with E-state index in [-0.39, 0.29) is 37.4 Å². The van der Waals surface area contributed by atoms with Crippen LogP contribution in [-0.4, -0.2) is 41.0 Å². The Hall–Kier alpha value is -1.95. The molecule has 0 heterocycles. The van der Waals surface area contributed by atoms with Crippen molar-refractivity contribution in [1.29, 1.82) is 0 Å². The van der Waals surface area contributed by atoms with E-state index in [1.807, 2.05) is 0 Å². The Morgan fingerprint density at radius 1 is 1.38 bits per heavy atom. The Balaban J connectivity index is 1.83. The number of aryl methyl sites for hydroxylation is 1. The molecule has 0 aliphatic heterocycles. The number of hydrogen-bond acceptors (Lipinski definition) is 3. The Labute approximate surface area is 122 Å². The highest BCUT2D eigenvalue weighted by atomic mass is 19.1. The smallest absolute Gasteiger partial charge is 0.317 e. The van der Waals surface area contributed by atoms with Crippen molar-refractivity contribution in [2.75, 3.05) is 13.1 Å². The number of carboxylic acids is 1. The van der Waals surface area contributed by atoms with Crippen LogP contribution in [0.4, 0.5) is 4.39 Å². The van der Waals surface area contributed by atoms with Gasteiger partial charge < -0.3 is 10.4 Å². The predicted octanol–water partition coefficient (Wildman–Crippen LogP) is 1.30. The van der Waals surface area contributed by atoms with Gasteiger partial charge in [0.15, 0.2) is 0 Å². The second kappa shape index (κ2) is 6.67. The first-order valence-corrected chi connectivity index (χ1v) is 6.93. The zero-order valence-corrected chi connectivity index (χ0v) is 11.9. The van der Waals surface area contributed by atoms with Crippen molar-refractivity contribution in [2.45, 2.75) is 32.4 Å². The van der Waals surface area contributed by atoms with Crippen molar-refractivity contribution in [3.63, 3.8) is 0 Å². The van der Waals surface area contributed by atoms with Crippen molar-refractivity contribution in [3.8, 4) is 0 Å². The number of aliphatic carboxylic acids is 1. The molecule has 2 N–H and O–H groups in total. The van der Waals surface area contributed by atoms with Gasteiger partial charge in [-0.3, -0.25) is 14.5 Å². The lowest BCUT2D eigenvalue weighted by Crippen LogP contribution is -2.40. The molecule has 114 valence electrons. The topological polar surface area (TPSA) is 69.6 Å². The zero-order chi connectivity index (χ0) is 15.4. The van der Waals surface area contributed by atoms with Crippen LogP contribution < -0.4 is 5.32 Å². The maximum atomic E-state index is 13.4. The molecule has 0 saturated heterocycles. The summed E-state index contributed by atoms with van der Waals surface area (Å²) in [6.45, 7) is 1.85. The van der Waals surface area contributed by atoms with Gasteiger partial charge in [0, 0.05) is 12.6 Å². The van der Waals surface area contributed by atoms with E-state index in [0.717, 1.165) is 12.8 Å². The number of carboxylic acid groups (broad SMARTS) is 1. The van der Waals surface area contributed by atoms with Crippen LogP contribution in [0.2, 0.25) is 0 Å². The SMILES string of the molecule is Cc1ccc(CNC(=O)CN(CC(=O)O)C2CC2)cc1F. The Kier molecular flexibility index (Phi) is 4.90. The lowest BCUT2D eigenvalue weighted by molar-refractivity contribution is -0.138. The molecule has 21 heavy (non-hydrogen) atoms. The Bertz CT molecular complexity index is 544. The fourth-order valence-corrected chi connectivity index (χ4v) is 2.11. The highest BCUT2D eigenvalue weighted by Gasteiger charge is 2.31. The molecular weight excluding hydrogens is 275 g/mol. The second-order valence-electron chi connectivity index (χ2n) is 5.39. The minimum absolute atomic E-state index is 0.0608. The largest absolute Gasteiger partial charge is 0.480 e. The monoisotopic (exact) mass is 294 g/mol. The summed E-state index contributed by atoms with van der Waals surface area (Å²) in [5, 5.41) is 11.5. The molecule has 2 rings (SSSR count). The minimum atomic E-state index is -0.935. The van der Waals surface area contributed by atoms with E-state index >= 15 is 0 Å². The molecule has 0 bridgehead atoms. The van der Waals surface area contributed by atoms with Crippen LogP contribution in [-0.2, 0) is 16.1 Å². The summed E-state index contributed by atoms with van der Waals surface area (Å²) in [4.78, 5) is 24.3. The molecule has 0 atom stereocenters. The van der Waals surface area contributed by atoms with E-state index in [4.69, 9.17) is 5.11 Å². The quantitative estimate of drug-likeness (QED) is 0.795. The normalized spacial score (nSPS) is 14.2. The standard InChI is InChI=1S/C15H19FN2O3/c1-10-2-3-11(6-13(10)16)7-17-14(19)8-18(9-15(20)21)12-4-5-12/h2-3,6,12H,4-5,7-9H2,1H3,(H,17,19)(H,20,21). The molecule has 1 amide bonds. The van der Waals surface area contributed by atoms with Crippen molar-refractivity contribution in [2.24, 2.45) is 0 Å². The maximum Gasteiger partial charge on any atom is 0.317 e. The molecule has 1 aliphatic carbocycles. The summed E-state index contributed by atoms with van der Waals surface area (Å²) in [7, 11) is 0. The van der Waals surface area contributed by atoms with Gasteiger partial charge in [-0.1, -0.05) is 12.1 Å². The number of halogens is 1. The molecule has 0 radical (unpaired) electrons. The van der Waals surface area contributed by atoms with Gasteiger partial charge in [0.25, 0.3) is 0 Å². The first kappa shape index (κ1) is 15.4. The van der Waals surface area contributed by atoms with Gasteiger partial charge in [0.2, 0.25) is 5.91 Å². The molecule has 1 aromatic rings. The first-order valence-electron chi connectivity index (χ1n) is 6.93. The van der Waals surface area contributed by atoms with Crippen LogP contribution >= 0.6 is 0 Å². The van der Waals surface area contributed by atoms with Gasteiger partial charge in [-0.05, 0) is 37.0 Å². The predicted molar refractivity (Wildman–Crippen MR) is 75.2 cm³/mol. The number of rotatable bonds is 7. The molecule has 0 spiro atoms. The number of hydrogen-bond donors (Lipinski definition) is 2. The van der Waals surface area contributed by atoms with Crippen molar-refractivity contribution in [1.82, 2.24) is 10.2 Å². The molecule has 1 aliphatic rings. The molecule has 1 aromatic carbocycles. The lowest BCUT2D eigenvalue weighted by Gasteiger charge is -2.19.